The molecule has 0 radical (unpaired) electrons. The number of likely N-dealkylation sites (N-methyl/N-ethyl adjacent to an activating group) is 1. The van der Waals surface area contributed by atoms with E-state index in [1.54, 1.807) is 12.3 Å². The molecule has 2 rings (SSSR count). The summed E-state index contributed by atoms with van der Waals surface area (Å²) in [7, 11) is 3.80. The van der Waals surface area contributed by atoms with Crippen LogP contribution in [0.1, 0.15) is 29.6 Å². The SMILES string of the molecule is CCOC(=O)Cc1csc(NC(=O)CN(C)Cc2c(C)nn(C)c2C)n1. The van der Waals surface area contributed by atoms with Crippen molar-refractivity contribution in [2.45, 2.75) is 33.7 Å². The lowest BCUT2D eigenvalue weighted by Crippen LogP contribution is -2.30. The first kappa shape index (κ1) is 20.1. The van der Waals surface area contributed by atoms with Crippen molar-refractivity contribution in [3.63, 3.8) is 0 Å². The van der Waals surface area contributed by atoms with Crippen LogP contribution >= 0.6 is 11.3 Å². The molecule has 142 valence electrons. The number of carbonyl (C=O) groups is 2. The molecule has 2 aromatic rings. The second-order valence-corrected chi connectivity index (χ2v) is 6.98. The number of esters is 1. The van der Waals surface area contributed by atoms with Crippen LogP contribution in [0.5, 0.6) is 0 Å². The second-order valence-electron chi connectivity index (χ2n) is 6.12. The third kappa shape index (κ3) is 5.37. The van der Waals surface area contributed by atoms with Crippen molar-refractivity contribution in [3.8, 4) is 0 Å². The molecule has 0 aliphatic rings. The number of amides is 1. The van der Waals surface area contributed by atoms with Crippen LogP contribution in [0.4, 0.5) is 5.13 Å². The predicted molar refractivity (Wildman–Crippen MR) is 100 cm³/mol. The maximum absolute atomic E-state index is 12.2. The Morgan fingerprint density at radius 2 is 2.12 bits per heavy atom. The molecule has 26 heavy (non-hydrogen) atoms. The van der Waals surface area contributed by atoms with Crippen LogP contribution in [0.25, 0.3) is 0 Å². The fourth-order valence-electron chi connectivity index (χ4n) is 2.58. The van der Waals surface area contributed by atoms with Gasteiger partial charge in [-0.15, -0.1) is 11.3 Å². The Balaban J connectivity index is 1.86. The van der Waals surface area contributed by atoms with Crippen molar-refractivity contribution in [2.24, 2.45) is 7.05 Å². The second kappa shape index (κ2) is 8.91. The number of hydrogen-bond acceptors (Lipinski definition) is 7. The lowest BCUT2D eigenvalue weighted by atomic mass is 10.2. The lowest BCUT2D eigenvalue weighted by Gasteiger charge is -2.16. The molecule has 0 spiro atoms. The van der Waals surface area contributed by atoms with Gasteiger partial charge in [-0.1, -0.05) is 0 Å². The van der Waals surface area contributed by atoms with Crippen LogP contribution in [0.2, 0.25) is 0 Å². The molecular weight excluding hydrogens is 354 g/mol. The summed E-state index contributed by atoms with van der Waals surface area (Å²) in [5, 5.41) is 9.40. The summed E-state index contributed by atoms with van der Waals surface area (Å²) in [6.45, 7) is 6.97. The van der Waals surface area contributed by atoms with Crippen LogP contribution in [-0.4, -0.2) is 51.7 Å². The summed E-state index contributed by atoms with van der Waals surface area (Å²) in [5.41, 5.74) is 3.80. The van der Waals surface area contributed by atoms with Gasteiger partial charge in [0, 0.05) is 30.2 Å². The molecule has 2 heterocycles. The van der Waals surface area contributed by atoms with Gasteiger partial charge in [0.05, 0.1) is 31.0 Å². The van der Waals surface area contributed by atoms with E-state index in [4.69, 9.17) is 4.74 Å². The molecule has 9 heteroatoms. The molecule has 0 aliphatic carbocycles. The number of nitrogens with zero attached hydrogens (tertiary/aromatic N) is 4. The molecule has 0 bridgehead atoms. The van der Waals surface area contributed by atoms with E-state index in [0.717, 1.165) is 17.0 Å². The Labute approximate surface area is 157 Å². The monoisotopic (exact) mass is 379 g/mol. The maximum atomic E-state index is 12.2. The van der Waals surface area contributed by atoms with Crippen molar-refractivity contribution in [2.75, 3.05) is 25.5 Å². The van der Waals surface area contributed by atoms with Gasteiger partial charge >= 0.3 is 5.97 Å². The van der Waals surface area contributed by atoms with E-state index >= 15 is 0 Å². The van der Waals surface area contributed by atoms with Crippen LogP contribution in [0.15, 0.2) is 5.38 Å². The highest BCUT2D eigenvalue weighted by molar-refractivity contribution is 7.13. The van der Waals surface area contributed by atoms with E-state index in [1.165, 1.54) is 11.3 Å². The van der Waals surface area contributed by atoms with Gasteiger partial charge in [0.2, 0.25) is 5.91 Å². The number of rotatable bonds is 8. The minimum atomic E-state index is -0.322. The highest BCUT2D eigenvalue weighted by atomic mass is 32.1. The number of aromatic nitrogens is 3. The minimum Gasteiger partial charge on any atom is -0.466 e. The number of aryl methyl sites for hydroxylation is 2. The number of thiazole rings is 1. The number of hydrogen-bond donors (Lipinski definition) is 1. The lowest BCUT2D eigenvalue weighted by molar-refractivity contribution is -0.142. The van der Waals surface area contributed by atoms with Crippen molar-refractivity contribution in [1.29, 1.82) is 0 Å². The van der Waals surface area contributed by atoms with Crippen molar-refractivity contribution < 1.29 is 14.3 Å². The summed E-state index contributed by atoms with van der Waals surface area (Å²) >= 11 is 1.29. The zero-order valence-corrected chi connectivity index (χ0v) is 16.6. The summed E-state index contributed by atoms with van der Waals surface area (Å²) in [5.74, 6) is -0.471. The van der Waals surface area contributed by atoms with Gasteiger partial charge in [-0.2, -0.15) is 5.10 Å². The average molecular weight is 379 g/mol. The Morgan fingerprint density at radius 3 is 2.73 bits per heavy atom. The van der Waals surface area contributed by atoms with Gasteiger partial charge in [-0.3, -0.25) is 19.2 Å². The quantitative estimate of drug-likeness (QED) is 0.702. The molecule has 2 aromatic heterocycles. The summed E-state index contributed by atoms with van der Waals surface area (Å²) in [4.78, 5) is 29.9. The zero-order valence-electron chi connectivity index (χ0n) is 15.8. The van der Waals surface area contributed by atoms with Crippen LogP contribution in [-0.2, 0) is 34.3 Å². The summed E-state index contributed by atoms with van der Waals surface area (Å²) in [6.07, 6.45) is 0.111. The van der Waals surface area contributed by atoms with E-state index in [9.17, 15) is 9.59 Å². The zero-order chi connectivity index (χ0) is 19.3. The number of nitrogens with one attached hydrogen (secondary N) is 1. The highest BCUT2D eigenvalue weighted by Crippen LogP contribution is 2.17. The van der Waals surface area contributed by atoms with E-state index in [-0.39, 0.29) is 24.8 Å². The Bertz CT molecular complexity index is 783. The van der Waals surface area contributed by atoms with Crippen molar-refractivity contribution in [1.82, 2.24) is 19.7 Å². The van der Waals surface area contributed by atoms with E-state index in [2.05, 4.69) is 15.4 Å². The molecular formula is C17H25N5O3S. The molecule has 0 fully saturated rings. The molecule has 0 aromatic carbocycles. The highest BCUT2D eigenvalue weighted by Gasteiger charge is 2.15. The van der Waals surface area contributed by atoms with Gasteiger partial charge in [0.1, 0.15) is 0 Å². The molecule has 0 aliphatic heterocycles. The topological polar surface area (TPSA) is 89.4 Å². The van der Waals surface area contributed by atoms with Gasteiger partial charge in [0.15, 0.2) is 5.13 Å². The Morgan fingerprint density at radius 1 is 1.38 bits per heavy atom. The van der Waals surface area contributed by atoms with Gasteiger partial charge in [-0.25, -0.2) is 4.98 Å². The first-order valence-corrected chi connectivity index (χ1v) is 9.25. The van der Waals surface area contributed by atoms with Crippen molar-refractivity contribution >= 4 is 28.3 Å². The first-order chi connectivity index (χ1) is 12.3. The largest absolute Gasteiger partial charge is 0.466 e. The third-order valence-corrected chi connectivity index (χ3v) is 4.74. The maximum Gasteiger partial charge on any atom is 0.311 e. The molecule has 8 nitrogen and oxygen atoms in total. The molecule has 0 unspecified atom stereocenters. The fraction of sp³-hybridized carbons (Fsp3) is 0.529. The third-order valence-electron chi connectivity index (χ3n) is 3.93. The molecule has 0 atom stereocenters. The van der Waals surface area contributed by atoms with Crippen LogP contribution < -0.4 is 5.32 Å². The average Bonchev–Trinajstić information content (AvgIpc) is 3.07. The summed E-state index contributed by atoms with van der Waals surface area (Å²) in [6, 6.07) is 0. The van der Waals surface area contributed by atoms with E-state index < -0.39 is 0 Å². The Hall–Kier alpha value is -2.26. The predicted octanol–water partition coefficient (Wildman–Crippen LogP) is 1.67. The normalized spacial score (nSPS) is 11.0. The smallest absolute Gasteiger partial charge is 0.311 e. The number of ether oxygens (including phenoxy) is 1. The Kier molecular flexibility index (Phi) is 6.87. The van der Waals surface area contributed by atoms with Gasteiger partial charge < -0.3 is 10.1 Å². The fourth-order valence-corrected chi connectivity index (χ4v) is 3.31. The van der Waals surface area contributed by atoms with Gasteiger partial charge in [-0.05, 0) is 27.8 Å². The summed E-state index contributed by atoms with van der Waals surface area (Å²) < 4.78 is 6.74. The number of carbonyl (C=O) groups excluding carboxylic acids is 2. The molecule has 0 saturated carbocycles. The van der Waals surface area contributed by atoms with E-state index in [0.29, 0.717) is 24.0 Å². The van der Waals surface area contributed by atoms with E-state index in [1.807, 2.05) is 37.5 Å². The molecule has 1 N–H and O–H groups in total. The van der Waals surface area contributed by atoms with Crippen molar-refractivity contribution in [3.05, 3.63) is 28.0 Å². The van der Waals surface area contributed by atoms with Crippen LogP contribution in [0.3, 0.4) is 0 Å². The standard InChI is InChI=1S/C17H25N5O3S/c1-6-25-16(24)7-13-10-26-17(18-13)19-15(23)9-21(4)8-14-11(2)20-22(5)12(14)3/h10H,6-9H2,1-5H3,(H,18,19,23). The molecule has 1 amide bonds. The molecule has 0 saturated heterocycles. The minimum absolute atomic E-state index is 0.111. The van der Waals surface area contributed by atoms with Crippen LogP contribution in [0, 0.1) is 13.8 Å². The number of anilines is 1. The van der Waals surface area contributed by atoms with Gasteiger partial charge in [0.25, 0.3) is 0 Å². The first-order valence-electron chi connectivity index (χ1n) is 8.37.